The van der Waals surface area contributed by atoms with Crippen LogP contribution in [0, 0.1) is 17.2 Å². The molecule has 0 saturated heterocycles. The quantitative estimate of drug-likeness (QED) is 0.269. The van der Waals surface area contributed by atoms with Crippen molar-refractivity contribution < 1.29 is 56.4 Å². The predicted molar refractivity (Wildman–Crippen MR) is 103 cm³/mol. The molecule has 1 N–H and O–H groups in total. The monoisotopic (exact) mass is 552 g/mol. The van der Waals surface area contributed by atoms with E-state index < -0.39 is 62.5 Å². The van der Waals surface area contributed by atoms with Gasteiger partial charge in [0.05, 0.1) is 6.07 Å². The fourth-order valence-corrected chi connectivity index (χ4v) is 6.87. The van der Waals surface area contributed by atoms with Crippen LogP contribution in [0.5, 0.6) is 0 Å². The van der Waals surface area contributed by atoms with E-state index in [0.29, 0.717) is 24.0 Å². The summed E-state index contributed by atoms with van der Waals surface area (Å²) < 4.78 is 151. The van der Waals surface area contributed by atoms with Gasteiger partial charge in [-0.3, -0.25) is 4.79 Å². The molecule has 0 spiro atoms. The fraction of sp³-hybridized carbons (Fsp3) is 0.867. The maximum Gasteiger partial charge on any atom is 0.433 e. The molecule has 0 rings (SSSR count). The van der Waals surface area contributed by atoms with Crippen molar-refractivity contribution in [3.05, 3.63) is 0 Å². The highest BCUT2D eigenvalue weighted by Crippen LogP contribution is 2.51. The normalized spacial score (nSPS) is 16.0. The SMILES string of the molecule is CCCCCC(CC)C(=O)NS(=O)(=O)C(F)(F)C(F)(F)C(F)(F)S(=O)(=O)C(C#N)S(C)(=O)=O. The van der Waals surface area contributed by atoms with E-state index in [1.807, 2.05) is 0 Å². The second-order valence-electron chi connectivity index (χ2n) is 7.01. The van der Waals surface area contributed by atoms with E-state index in [0.717, 1.165) is 0 Å². The molecule has 0 aromatic carbocycles. The molecule has 2 unspecified atom stereocenters. The number of hydrogen-bond acceptors (Lipinski definition) is 8. The van der Waals surface area contributed by atoms with Crippen LogP contribution in [0.4, 0.5) is 26.3 Å². The van der Waals surface area contributed by atoms with Gasteiger partial charge in [-0.1, -0.05) is 33.1 Å². The predicted octanol–water partition coefficient (Wildman–Crippen LogP) is 2.17. The molecule has 0 aliphatic rings. The Kier molecular flexibility index (Phi) is 9.83. The Morgan fingerprint density at radius 1 is 0.939 bits per heavy atom. The molecule has 0 fully saturated rings. The van der Waals surface area contributed by atoms with Gasteiger partial charge in [-0.05, 0) is 12.8 Å². The Morgan fingerprint density at radius 3 is 1.79 bits per heavy atom. The molecular formula is C15H22F6N2O7S3. The third-order valence-corrected chi connectivity index (χ3v) is 10.2. The first-order chi connectivity index (χ1) is 14.6. The molecule has 194 valence electrons. The minimum atomic E-state index is -7.30. The first kappa shape index (κ1) is 31.4. The Morgan fingerprint density at radius 2 is 1.42 bits per heavy atom. The van der Waals surface area contributed by atoms with Crippen LogP contribution < -0.4 is 4.72 Å². The van der Waals surface area contributed by atoms with E-state index in [-0.39, 0.29) is 25.2 Å². The van der Waals surface area contributed by atoms with Gasteiger partial charge in [0.2, 0.25) is 5.91 Å². The summed E-state index contributed by atoms with van der Waals surface area (Å²) in [5, 5.41) is -5.45. The zero-order valence-corrected chi connectivity index (χ0v) is 19.9. The molecule has 0 saturated carbocycles. The largest absolute Gasteiger partial charge is 0.433 e. The van der Waals surface area contributed by atoms with Crippen LogP contribution in [0.25, 0.3) is 0 Å². The van der Waals surface area contributed by atoms with Gasteiger partial charge in [-0.15, -0.1) is 0 Å². The lowest BCUT2D eigenvalue weighted by atomic mass is 9.98. The fourth-order valence-electron chi connectivity index (χ4n) is 2.49. The maximum atomic E-state index is 14.2. The van der Waals surface area contributed by atoms with Crippen LogP contribution in [0.1, 0.15) is 46.0 Å². The van der Waals surface area contributed by atoms with Crippen LogP contribution in [0.2, 0.25) is 0 Å². The highest BCUT2D eigenvalue weighted by Gasteiger charge is 2.83. The van der Waals surface area contributed by atoms with Crippen LogP contribution in [-0.4, -0.2) is 58.4 Å². The van der Waals surface area contributed by atoms with E-state index in [1.165, 1.54) is 6.92 Å². The van der Waals surface area contributed by atoms with Crippen molar-refractivity contribution in [1.29, 1.82) is 5.26 Å². The summed E-state index contributed by atoms with van der Waals surface area (Å²) in [4.78, 5) is 12.0. The molecule has 0 aliphatic heterocycles. The van der Waals surface area contributed by atoms with E-state index in [4.69, 9.17) is 5.26 Å². The molecule has 0 heterocycles. The van der Waals surface area contributed by atoms with E-state index >= 15 is 0 Å². The van der Waals surface area contributed by atoms with Crippen molar-refractivity contribution in [1.82, 2.24) is 4.72 Å². The molecule has 0 aromatic rings. The van der Waals surface area contributed by atoms with E-state index in [9.17, 15) is 56.4 Å². The van der Waals surface area contributed by atoms with Crippen LogP contribution in [0.3, 0.4) is 0 Å². The molecule has 18 heteroatoms. The molecule has 0 aromatic heterocycles. The van der Waals surface area contributed by atoms with Gasteiger partial charge in [0.1, 0.15) is 0 Å². The molecule has 0 aliphatic carbocycles. The lowest BCUT2D eigenvalue weighted by molar-refractivity contribution is -0.244. The first-order valence-corrected chi connectivity index (χ1v) is 14.1. The Balaban J connectivity index is 6.34. The summed E-state index contributed by atoms with van der Waals surface area (Å²) in [7, 11) is -19.6. The van der Waals surface area contributed by atoms with Gasteiger partial charge in [-0.25, -0.2) is 21.6 Å². The summed E-state index contributed by atoms with van der Waals surface area (Å²) in [5.74, 6) is -10.3. The number of nitrogens with zero attached hydrogens (tertiary/aromatic N) is 1. The zero-order valence-electron chi connectivity index (χ0n) is 17.5. The number of sulfonamides is 1. The number of carbonyl (C=O) groups is 1. The molecule has 2 atom stereocenters. The number of halogens is 6. The Bertz CT molecular complexity index is 1080. The summed E-state index contributed by atoms with van der Waals surface area (Å²) in [6.45, 7) is 3.10. The van der Waals surface area contributed by atoms with Crippen LogP contribution >= 0.6 is 0 Å². The highest BCUT2D eigenvalue weighted by molar-refractivity contribution is 8.09. The average Bonchev–Trinajstić information content (AvgIpc) is 2.63. The van der Waals surface area contributed by atoms with Gasteiger partial charge in [0, 0.05) is 12.2 Å². The third kappa shape index (κ3) is 5.91. The third-order valence-electron chi connectivity index (χ3n) is 4.46. The molecule has 33 heavy (non-hydrogen) atoms. The number of amides is 1. The van der Waals surface area contributed by atoms with E-state index in [2.05, 4.69) is 0 Å². The van der Waals surface area contributed by atoms with Gasteiger partial charge in [0.25, 0.3) is 14.4 Å². The molecular weight excluding hydrogens is 530 g/mol. The van der Waals surface area contributed by atoms with Gasteiger partial charge < -0.3 is 0 Å². The summed E-state index contributed by atoms with van der Waals surface area (Å²) in [6, 6.07) is 0.276. The maximum absolute atomic E-state index is 14.2. The minimum Gasteiger partial charge on any atom is -0.274 e. The lowest BCUT2D eigenvalue weighted by Gasteiger charge is -2.32. The number of nitrogens with one attached hydrogen (secondary N) is 1. The second-order valence-corrected chi connectivity index (χ2v) is 13.2. The van der Waals surface area contributed by atoms with Crippen molar-refractivity contribution in [2.75, 3.05) is 6.26 Å². The van der Waals surface area contributed by atoms with Crippen molar-refractivity contribution in [2.45, 2.75) is 67.0 Å². The minimum absolute atomic E-state index is 0.0452. The average molecular weight is 553 g/mol. The lowest BCUT2D eigenvalue weighted by Crippen LogP contribution is -2.64. The molecule has 0 radical (unpaired) electrons. The number of hydrogen-bond donors (Lipinski definition) is 1. The number of unbranched alkanes of at least 4 members (excludes halogenated alkanes) is 2. The number of rotatable bonds is 13. The Labute approximate surface area is 187 Å². The van der Waals surface area contributed by atoms with Crippen molar-refractivity contribution in [2.24, 2.45) is 5.92 Å². The number of carbonyl (C=O) groups excluding carboxylic acids is 1. The van der Waals surface area contributed by atoms with Crippen molar-refractivity contribution in [3.8, 4) is 6.07 Å². The number of alkyl halides is 6. The first-order valence-electron chi connectivity index (χ1n) is 9.11. The summed E-state index contributed by atoms with van der Waals surface area (Å²) in [6.07, 6.45) is 1.24. The van der Waals surface area contributed by atoms with Crippen molar-refractivity contribution >= 4 is 35.6 Å². The standard InChI is InChI=1S/C15H22F6N2O7S3/c1-4-6-7-8-10(5-2)12(24)23-33(29,30)15(20,21)13(16,17)14(18,19)32(27,28)11(9-22)31(3,25)26/h10-11H,4-8H2,1-3H3,(H,23,24). The number of nitriles is 1. The topological polar surface area (TPSA) is 155 Å². The Hall–Kier alpha value is -1.61. The van der Waals surface area contributed by atoms with Gasteiger partial charge in [0.15, 0.2) is 9.84 Å². The second kappa shape index (κ2) is 10.3. The van der Waals surface area contributed by atoms with Crippen molar-refractivity contribution in [3.63, 3.8) is 0 Å². The molecule has 1 amide bonds. The van der Waals surface area contributed by atoms with Crippen LogP contribution in [0.15, 0.2) is 0 Å². The zero-order chi connectivity index (χ0) is 26.7. The summed E-state index contributed by atoms with van der Waals surface area (Å²) >= 11 is 0. The molecule has 9 nitrogen and oxygen atoms in total. The molecule has 0 bridgehead atoms. The summed E-state index contributed by atoms with van der Waals surface area (Å²) in [5.41, 5.74) is 0. The van der Waals surface area contributed by atoms with E-state index in [1.54, 1.807) is 6.92 Å². The van der Waals surface area contributed by atoms with Crippen LogP contribution in [-0.2, 0) is 34.5 Å². The van der Waals surface area contributed by atoms with Gasteiger partial charge in [-0.2, -0.15) is 40.0 Å². The highest BCUT2D eigenvalue weighted by atomic mass is 32.3. The van der Waals surface area contributed by atoms with Gasteiger partial charge >= 0.3 is 26.5 Å². The number of sulfone groups is 2. The smallest absolute Gasteiger partial charge is 0.274 e.